The number of halogens is 2. The second-order valence-corrected chi connectivity index (χ2v) is 6.57. The molecule has 0 amide bonds. The van der Waals surface area contributed by atoms with Gasteiger partial charge in [0.2, 0.25) is 0 Å². The average Bonchev–Trinajstić information content (AvgIpc) is 2.38. The summed E-state index contributed by atoms with van der Waals surface area (Å²) in [6.45, 7) is 3.13. The Balaban J connectivity index is 1.94. The van der Waals surface area contributed by atoms with E-state index in [1.54, 1.807) is 12.1 Å². The van der Waals surface area contributed by atoms with Crippen molar-refractivity contribution >= 4 is 23.2 Å². The lowest BCUT2D eigenvalue weighted by molar-refractivity contribution is 0.0639. The number of hydrogen-bond acceptors (Lipinski definition) is 3. The van der Waals surface area contributed by atoms with E-state index in [1.807, 2.05) is 6.07 Å². The average molecular weight is 317 g/mol. The van der Waals surface area contributed by atoms with Crippen LogP contribution in [0.3, 0.4) is 0 Å². The number of hydrogen-bond donors (Lipinski definition) is 1. The van der Waals surface area contributed by atoms with Crippen LogP contribution in [0.1, 0.15) is 12.0 Å². The summed E-state index contributed by atoms with van der Waals surface area (Å²) in [7, 11) is 4.25. The first kappa shape index (κ1) is 16.1. The highest BCUT2D eigenvalue weighted by atomic mass is 35.5. The molecule has 1 N–H and O–H groups in total. The van der Waals surface area contributed by atoms with Crippen LogP contribution >= 0.6 is 23.2 Å². The van der Waals surface area contributed by atoms with Gasteiger partial charge in [0.1, 0.15) is 0 Å². The molecule has 1 saturated heterocycles. The molecule has 1 heterocycles. The maximum Gasteiger partial charge on any atom is 0.0596 e. The minimum absolute atomic E-state index is 0.390. The van der Waals surface area contributed by atoms with Crippen molar-refractivity contribution in [2.45, 2.75) is 25.0 Å². The summed E-state index contributed by atoms with van der Waals surface area (Å²) in [6, 6.07) is 5.78. The van der Waals surface area contributed by atoms with Gasteiger partial charge < -0.3 is 14.9 Å². The molecule has 3 nitrogen and oxygen atoms in total. The van der Waals surface area contributed by atoms with Crippen LogP contribution in [0.5, 0.6) is 0 Å². The fourth-order valence-corrected chi connectivity index (χ4v) is 3.10. The van der Waals surface area contributed by atoms with Gasteiger partial charge in [-0.1, -0.05) is 23.2 Å². The van der Waals surface area contributed by atoms with Gasteiger partial charge in [0.05, 0.1) is 6.10 Å². The number of aliphatic hydroxyl groups is 1. The first-order valence-corrected chi connectivity index (χ1v) is 7.72. The van der Waals surface area contributed by atoms with Gasteiger partial charge in [0.15, 0.2) is 0 Å². The molecule has 112 valence electrons. The number of piperazine rings is 1. The molecule has 1 aliphatic heterocycles. The Bertz CT molecular complexity index is 455. The van der Waals surface area contributed by atoms with Crippen molar-refractivity contribution in [3.05, 3.63) is 33.8 Å². The van der Waals surface area contributed by atoms with E-state index in [9.17, 15) is 5.11 Å². The standard InChI is InChI=1S/C15H22Cl2N2O/c1-18-5-6-19(2)13(10-18)9-14(20)8-11-7-12(16)3-4-15(11)17/h3-4,7,13-14,20H,5-6,8-10H2,1-2H3. The number of likely N-dealkylation sites (N-methyl/N-ethyl adjacent to an activating group) is 2. The van der Waals surface area contributed by atoms with Crippen molar-refractivity contribution in [1.29, 1.82) is 0 Å². The minimum atomic E-state index is -0.398. The molecule has 0 bridgehead atoms. The summed E-state index contributed by atoms with van der Waals surface area (Å²) in [5, 5.41) is 11.7. The molecule has 0 aliphatic carbocycles. The van der Waals surface area contributed by atoms with Crippen LogP contribution in [-0.2, 0) is 6.42 Å². The highest BCUT2D eigenvalue weighted by Gasteiger charge is 2.24. The third-order valence-electron chi connectivity index (χ3n) is 3.99. The molecular formula is C15H22Cl2N2O. The Morgan fingerprint density at radius 2 is 2.05 bits per heavy atom. The molecular weight excluding hydrogens is 295 g/mol. The molecule has 20 heavy (non-hydrogen) atoms. The van der Waals surface area contributed by atoms with E-state index in [2.05, 4.69) is 23.9 Å². The molecule has 1 aromatic rings. The minimum Gasteiger partial charge on any atom is -0.393 e. The zero-order valence-electron chi connectivity index (χ0n) is 12.0. The third-order valence-corrected chi connectivity index (χ3v) is 4.59. The second-order valence-electron chi connectivity index (χ2n) is 5.73. The van der Waals surface area contributed by atoms with E-state index in [1.165, 1.54) is 0 Å². The molecule has 2 atom stereocenters. The number of benzene rings is 1. The molecule has 1 aliphatic rings. The normalized spacial score (nSPS) is 22.9. The summed E-state index contributed by atoms with van der Waals surface area (Å²) < 4.78 is 0. The summed E-state index contributed by atoms with van der Waals surface area (Å²) in [4.78, 5) is 4.63. The highest BCUT2D eigenvalue weighted by molar-refractivity contribution is 6.33. The van der Waals surface area contributed by atoms with E-state index < -0.39 is 6.10 Å². The highest BCUT2D eigenvalue weighted by Crippen LogP contribution is 2.23. The fourth-order valence-electron chi connectivity index (χ4n) is 2.71. The van der Waals surface area contributed by atoms with Crippen molar-refractivity contribution in [3.63, 3.8) is 0 Å². The van der Waals surface area contributed by atoms with Gasteiger partial charge in [-0.3, -0.25) is 0 Å². The van der Waals surface area contributed by atoms with E-state index >= 15 is 0 Å². The smallest absolute Gasteiger partial charge is 0.0596 e. The Labute approximate surface area is 131 Å². The van der Waals surface area contributed by atoms with Crippen LogP contribution in [-0.4, -0.2) is 60.8 Å². The van der Waals surface area contributed by atoms with Crippen LogP contribution in [0.2, 0.25) is 10.0 Å². The Morgan fingerprint density at radius 1 is 1.30 bits per heavy atom. The van der Waals surface area contributed by atoms with Crippen molar-refractivity contribution in [2.75, 3.05) is 33.7 Å². The summed E-state index contributed by atoms with van der Waals surface area (Å²) in [6.07, 6.45) is 0.904. The number of nitrogens with zero attached hydrogens (tertiary/aromatic N) is 2. The van der Waals surface area contributed by atoms with E-state index in [0.717, 1.165) is 31.6 Å². The van der Waals surface area contributed by atoms with Gasteiger partial charge in [-0.05, 0) is 50.7 Å². The number of rotatable bonds is 4. The molecule has 0 spiro atoms. The Morgan fingerprint density at radius 3 is 2.80 bits per heavy atom. The van der Waals surface area contributed by atoms with E-state index in [-0.39, 0.29) is 0 Å². The Hall–Kier alpha value is -0.320. The lowest BCUT2D eigenvalue weighted by Crippen LogP contribution is -2.51. The topological polar surface area (TPSA) is 26.7 Å². The van der Waals surface area contributed by atoms with Gasteiger partial charge in [-0.2, -0.15) is 0 Å². The molecule has 1 fully saturated rings. The fraction of sp³-hybridized carbons (Fsp3) is 0.600. The van der Waals surface area contributed by atoms with Crippen molar-refractivity contribution in [2.24, 2.45) is 0 Å². The van der Waals surface area contributed by atoms with Gasteiger partial charge in [0, 0.05) is 35.7 Å². The zero-order chi connectivity index (χ0) is 14.7. The van der Waals surface area contributed by atoms with Crippen molar-refractivity contribution in [1.82, 2.24) is 9.80 Å². The monoisotopic (exact) mass is 316 g/mol. The van der Waals surface area contributed by atoms with E-state index in [4.69, 9.17) is 23.2 Å². The molecule has 0 saturated carbocycles. The van der Waals surface area contributed by atoms with Gasteiger partial charge in [-0.25, -0.2) is 0 Å². The maximum absolute atomic E-state index is 10.3. The first-order chi connectivity index (χ1) is 9.45. The van der Waals surface area contributed by atoms with Gasteiger partial charge in [0.25, 0.3) is 0 Å². The molecule has 1 aromatic carbocycles. The molecule has 5 heteroatoms. The van der Waals surface area contributed by atoms with Crippen molar-refractivity contribution < 1.29 is 5.11 Å². The maximum atomic E-state index is 10.3. The predicted molar refractivity (Wildman–Crippen MR) is 84.7 cm³/mol. The molecule has 2 unspecified atom stereocenters. The van der Waals surface area contributed by atoms with Gasteiger partial charge >= 0.3 is 0 Å². The first-order valence-electron chi connectivity index (χ1n) is 6.96. The van der Waals surface area contributed by atoms with Crippen LogP contribution in [0.15, 0.2) is 18.2 Å². The van der Waals surface area contributed by atoms with Crippen LogP contribution in [0.4, 0.5) is 0 Å². The number of aliphatic hydroxyl groups excluding tert-OH is 1. The summed E-state index contributed by atoms with van der Waals surface area (Å²) in [5.41, 5.74) is 0.915. The molecule has 0 aromatic heterocycles. The largest absolute Gasteiger partial charge is 0.393 e. The van der Waals surface area contributed by atoms with Crippen LogP contribution < -0.4 is 0 Å². The summed E-state index contributed by atoms with van der Waals surface area (Å²) >= 11 is 12.1. The second kappa shape index (κ2) is 7.10. The Kier molecular flexibility index (Phi) is 5.70. The predicted octanol–water partition coefficient (Wildman–Crippen LogP) is 2.53. The van der Waals surface area contributed by atoms with Crippen LogP contribution in [0.25, 0.3) is 0 Å². The molecule has 0 radical (unpaired) electrons. The summed E-state index contributed by atoms with van der Waals surface area (Å²) in [5.74, 6) is 0. The SMILES string of the molecule is CN1CCN(C)C(CC(O)Cc2cc(Cl)ccc2Cl)C1. The zero-order valence-corrected chi connectivity index (χ0v) is 13.5. The van der Waals surface area contributed by atoms with Gasteiger partial charge in [-0.15, -0.1) is 0 Å². The van der Waals surface area contributed by atoms with E-state index in [0.29, 0.717) is 22.5 Å². The lowest BCUT2D eigenvalue weighted by atomic mass is 9.99. The van der Waals surface area contributed by atoms with Crippen molar-refractivity contribution in [3.8, 4) is 0 Å². The molecule has 2 rings (SSSR count). The quantitative estimate of drug-likeness (QED) is 0.924. The third kappa shape index (κ3) is 4.34. The lowest BCUT2D eigenvalue weighted by Gasteiger charge is -2.38. The van der Waals surface area contributed by atoms with Crippen LogP contribution in [0, 0.1) is 0 Å².